The second kappa shape index (κ2) is 10.0. The van der Waals surface area contributed by atoms with Gasteiger partial charge in [-0.15, -0.1) is 11.8 Å². The molecule has 1 aliphatic heterocycles. The molecule has 1 atom stereocenters. The Morgan fingerprint density at radius 1 is 0.767 bits per heavy atom. The van der Waals surface area contributed by atoms with Crippen LogP contribution in [0.4, 0.5) is 0 Å². The molecule has 3 aromatic rings. The third-order valence-electron chi connectivity index (χ3n) is 5.21. The third kappa shape index (κ3) is 4.46. The minimum Gasteiger partial charge on any atom is -1.00 e. The first-order chi connectivity index (χ1) is 14.2. The zero-order valence-electron chi connectivity index (χ0n) is 17.3. The van der Waals surface area contributed by atoms with Crippen LogP contribution in [0.15, 0.2) is 101 Å². The third-order valence-corrected chi connectivity index (χ3v) is 11.0. The highest BCUT2D eigenvalue weighted by Crippen LogP contribution is 2.60. The van der Waals surface area contributed by atoms with Crippen molar-refractivity contribution < 1.29 is 17.0 Å². The predicted octanol–water partition coefficient (Wildman–Crippen LogP) is 1.94. The fourth-order valence-corrected chi connectivity index (χ4v) is 10.0. The van der Waals surface area contributed by atoms with Gasteiger partial charge in [0.1, 0.15) is 29.3 Å². The number of benzene rings is 3. The van der Waals surface area contributed by atoms with E-state index < -0.39 is 12.3 Å². The molecule has 0 aromatic heterocycles. The lowest BCUT2D eigenvalue weighted by Gasteiger charge is -2.33. The molecule has 1 aliphatic rings. The van der Waals surface area contributed by atoms with Crippen molar-refractivity contribution >= 4 is 46.9 Å². The van der Waals surface area contributed by atoms with E-state index in [9.17, 15) is 0 Å². The summed E-state index contributed by atoms with van der Waals surface area (Å²) in [7, 11) is -1.97. The van der Waals surface area contributed by atoms with E-state index in [2.05, 4.69) is 105 Å². The van der Waals surface area contributed by atoms with Crippen molar-refractivity contribution in [2.24, 2.45) is 9.98 Å². The van der Waals surface area contributed by atoms with Crippen LogP contribution in [0.5, 0.6) is 0 Å². The van der Waals surface area contributed by atoms with E-state index in [0.29, 0.717) is 0 Å². The van der Waals surface area contributed by atoms with E-state index in [-0.39, 0.29) is 17.0 Å². The molecule has 4 rings (SSSR count). The summed E-state index contributed by atoms with van der Waals surface area (Å²) >= 11 is 1.84. The summed E-state index contributed by atoms with van der Waals surface area (Å²) in [6.07, 6.45) is 2.82. The monoisotopic (exact) mass is 496 g/mol. The summed E-state index contributed by atoms with van der Waals surface area (Å²) in [5, 5.41) is 4.13. The minimum absolute atomic E-state index is 0. The van der Waals surface area contributed by atoms with Crippen molar-refractivity contribution in [2.45, 2.75) is 18.8 Å². The van der Waals surface area contributed by atoms with Gasteiger partial charge in [-0.25, -0.2) is 9.98 Å². The zero-order chi connectivity index (χ0) is 20.2. The number of thioether (sulfide) groups is 1. The van der Waals surface area contributed by atoms with Gasteiger partial charge < -0.3 is 17.0 Å². The van der Waals surface area contributed by atoms with Gasteiger partial charge in [0.05, 0.1) is 5.71 Å². The molecule has 0 saturated carbocycles. The Hall–Kier alpha value is -1.74. The summed E-state index contributed by atoms with van der Waals surface area (Å²) in [6.45, 7) is 4.24. The molecule has 0 aliphatic carbocycles. The molecule has 5 heteroatoms. The van der Waals surface area contributed by atoms with Crippen molar-refractivity contribution in [2.75, 3.05) is 11.9 Å². The maximum atomic E-state index is 5.06. The van der Waals surface area contributed by atoms with E-state index in [1.807, 2.05) is 18.0 Å². The molecule has 2 nitrogen and oxygen atoms in total. The van der Waals surface area contributed by atoms with Gasteiger partial charge in [-0.3, -0.25) is 0 Å². The Morgan fingerprint density at radius 3 is 1.53 bits per heavy atom. The van der Waals surface area contributed by atoms with Crippen molar-refractivity contribution in [1.29, 1.82) is 0 Å². The van der Waals surface area contributed by atoms with Crippen molar-refractivity contribution in [3.8, 4) is 0 Å². The Labute approximate surface area is 195 Å². The molecule has 0 fully saturated rings. The first-order valence-corrected chi connectivity index (χ1v) is 12.9. The molecule has 0 radical (unpaired) electrons. The highest BCUT2D eigenvalue weighted by molar-refractivity contribution is 8.02. The Kier molecular flexibility index (Phi) is 7.68. The molecule has 0 N–H and O–H groups in total. The molecule has 0 saturated heterocycles. The highest BCUT2D eigenvalue weighted by atomic mass is 79.9. The highest BCUT2D eigenvalue weighted by Gasteiger charge is 2.53. The van der Waals surface area contributed by atoms with Gasteiger partial charge in [-0.1, -0.05) is 61.5 Å². The van der Waals surface area contributed by atoms with E-state index >= 15 is 0 Å². The quantitative estimate of drug-likeness (QED) is 0.458. The second-order valence-corrected chi connectivity index (χ2v) is 12.2. The number of halogens is 1. The standard InChI is InChI=1S/C25H26N2PS.BrH/c1-3-29-25(26-19-21(2)27-25)20-28(22-13-7-4-8-14-22,23-15-9-5-10-16-23)24-17-11-6-12-18-24;/h4-19H,3,20H2,1-2H3;1H/q+1;/p-1. The molecule has 154 valence electrons. The predicted molar refractivity (Wildman–Crippen MR) is 132 cm³/mol. The normalized spacial score (nSPS) is 18.0. The van der Waals surface area contributed by atoms with Crippen molar-refractivity contribution in [3.63, 3.8) is 0 Å². The molecule has 30 heavy (non-hydrogen) atoms. The number of hydrogen-bond acceptors (Lipinski definition) is 3. The smallest absolute Gasteiger partial charge is 0.232 e. The summed E-state index contributed by atoms with van der Waals surface area (Å²) < 4.78 is 0. The largest absolute Gasteiger partial charge is 1.00 e. The number of rotatable bonds is 7. The van der Waals surface area contributed by atoms with Gasteiger partial charge in [-0.05, 0) is 49.1 Å². The van der Waals surface area contributed by atoms with Crippen LogP contribution in [0.2, 0.25) is 0 Å². The van der Waals surface area contributed by atoms with E-state index in [0.717, 1.165) is 17.6 Å². The van der Waals surface area contributed by atoms with Gasteiger partial charge in [0.2, 0.25) is 4.99 Å². The van der Waals surface area contributed by atoms with Gasteiger partial charge in [-0.2, -0.15) is 0 Å². The van der Waals surface area contributed by atoms with E-state index in [1.165, 1.54) is 15.9 Å². The van der Waals surface area contributed by atoms with Crippen LogP contribution in [0.3, 0.4) is 0 Å². The zero-order valence-corrected chi connectivity index (χ0v) is 20.6. The van der Waals surface area contributed by atoms with Crippen LogP contribution in [-0.4, -0.2) is 28.8 Å². The van der Waals surface area contributed by atoms with E-state index in [4.69, 9.17) is 9.98 Å². The molecule has 1 heterocycles. The van der Waals surface area contributed by atoms with Gasteiger partial charge >= 0.3 is 0 Å². The minimum atomic E-state index is -1.97. The van der Waals surface area contributed by atoms with Gasteiger partial charge in [0.25, 0.3) is 0 Å². The Balaban J connectivity index is 0.00000256. The Bertz CT molecular complexity index is 912. The average molecular weight is 497 g/mol. The topological polar surface area (TPSA) is 24.7 Å². The first kappa shape index (κ1) is 22.9. The average Bonchev–Trinajstić information content (AvgIpc) is 3.14. The van der Waals surface area contributed by atoms with Gasteiger partial charge in [0.15, 0.2) is 0 Å². The van der Waals surface area contributed by atoms with E-state index in [1.54, 1.807) is 0 Å². The lowest BCUT2D eigenvalue weighted by molar-refractivity contribution is -0.00000588. The fraction of sp³-hybridized carbons (Fsp3) is 0.200. The molecule has 0 bridgehead atoms. The maximum absolute atomic E-state index is 5.06. The SMILES string of the molecule is CCSC1(C[P+](c2ccccc2)(c2ccccc2)c2ccccc2)N=CC(C)=N1.[Br-]. The molecular weight excluding hydrogens is 471 g/mol. The van der Waals surface area contributed by atoms with Crippen molar-refractivity contribution in [1.82, 2.24) is 0 Å². The summed E-state index contributed by atoms with van der Waals surface area (Å²) in [5.74, 6) is 0.979. The second-order valence-electron chi connectivity index (χ2n) is 7.16. The van der Waals surface area contributed by atoms with Crippen LogP contribution in [-0.2, 0) is 0 Å². The lowest BCUT2D eigenvalue weighted by atomic mass is 10.4. The molecule has 0 amide bonds. The number of nitrogens with zero attached hydrogens (tertiary/aromatic N) is 2. The first-order valence-electron chi connectivity index (χ1n) is 9.99. The number of aliphatic imine (C=N–C) groups is 2. The van der Waals surface area contributed by atoms with Crippen LogP contribution >= 0.6 is 19.0 Å². The summed E-state index contributed by atoms with van der Waals surface area (Å²) in [4.78, 5) is 9.55. The Morgan fingerprint density at radius 2 is 1.20 bits per heavy atom. The van der Waals surface area contributed by atoms with Crippen molar-refractivity contribution in [3.05, 3.63) is 91.0 Å². The summed E-state index contributed by atoms with van der Waals surface area (Å²) in [5.41, 5.74) is 1.01. The molecule has 1 unspecified atom stereocenters. The fourth-order valence-electron chi connectivity index (χ4n) is 4.03. The molecular formula is C25H26BrN2PS. The van der Waals surface area contributed by atoms with Crippen LogP contribution in [0.25, 0.3) is 0 Å². The van der Waals surface area contributed by atoms with Gasteiger partial charge in [0, 0.05) is 6.21 Å². The summed E-state index contributed by atoms with van der Waals surface area (Å²) in [6, 6.07) is 32.9. The number of hydrogen-bond donors (Lipinski definition) is 0. The van der Waals surface area contributed by atoms with Crippen LogP contribution in [0.1, 0.15) is 13.8 Å². The lowest BCUT2D eigenvalue weighted by Crippen LogP contribution is -3.00. The van der Waals surface area contributed by atoms with Crippen LogP contribution < -0.4 is 32.9 Å². The van der Waals surface area contributed by atoms with Crippen LogP contribution in [0, 0.1) is 0 Å². The maximum Gasteiger partial charge on any atom is 0.232 e. The molecule has 3 aromatic carbocycles. The molecule has 0 spiro atoms.